The molecule has 35 heavy (non-hydrogen) atoms. The molecule has 8 heteroatoms. The molecule has 1 aliphatic carbocycles. The molecule has 1 heterocycles. The second kappa shape index (κ2) is 9.28. The molecule has 1 fully saturated rings. The number of amides is 1. The molecular weight excluding hydrogens is 460 g/mol. The van der Waals surface area contributed by atoms with Gasteiger partial charge in [-0.15, -0.1) is 0 Å². The van der Waals surface area contributed by atoms with Gasteiger partial charge in [-0.1, -0.05) is 42.5 Å². The molecule has 180 valence electrons. The van der Waals surface area contributed by atoms with Crippen molar-refractivity contribution in [3.05, 3.63) is 89.5 Å². The smallest absolute Gasteiger partial charge is 0.238 e. The van der Waals surface area contributed by atoms with Gasteiger partial charge in [-0.05, 0) is 74.0 Å². The predicted molar refractivity (Wildman–Crippen MR) is 140 cm³/mol. The molecule has 1 atom stereocenters. The summed E-state index contributed by atoms with van der Waals surface area (Å²) in [7, 11) is 0.634. The molecule has 0 spiro atoms. The molecule has 1 saturated carbocycles. The van der Waals surface area contributed by atoms with Gasteiger partial charge in [0.15, 0.2) is 0 Å². The van der Waals surface area contributed by atoms with Gasteiger partial charge in [-0.3, -0.25) is 14.5 Å². The number of nitrogens with zero attached hydrogens (tertiary/aromatic N) is 2. The van der Waals surface area contributed by atoms with Gasteiger partial charge in [0.1, 0.15) is 5.92 Å². The fourth-order valence-corrected chi connectivity index (χ4v) is 5.69. The lowest BCUT2D eigenvalue weighted by atomic mass is 9.90. The largest absolute Gasteiger partial charge is 0.325 e. The molecule has 0 radical (unpaired) electrons. The molecular formula is C27H28N4O3S. The molecule has 5 rings (SSSR count). The van der Waals surface area contributed by atoms with Crippen LogP contribution in [0.5, 0.6) is 0 Å². The Morgan fingerprint density at radius 2 is 1.74 bits per heavy atom. The molecule has 1 amide bonds. The minimum absolute atomic E-state index is 0.186. The molecule has 0 bridgehead atoms. The van der Waals surface area contributed by atoms with Crippen LogP contribution in [0.4, 0.5) is 17.1 Å². The Kier molecular flexibility index (Phi) is 6.17. The third-order valence-corrected chi connectivity index (χ3v) is 8.00. The van der Waals surface area contributed by atoms with Crippen molar-refractivity contribution in [2.75, 3.05) is 24.1 Å². The summed E-state index contributed by atoms with van der Waals surface area (Å²) in [5.74, 6) is -0.853. The van der Waals surface area contributed by atoms with Crippen LogP contribution in [0.2, 0.25) is 0 Å². The zero-order valence-electron chi connectivity index (χ0n) is 19.7. The average Bonchev–Trinajstić information content (AvgIpc) is 3.63. The van der Waals surface area contributed by atoms with Gasteiger partial charge in [0.25, 0.3) is 0 Å². The Labute approximate surface area is 205 Å². The van der Waals surface area contributed by atoms with Gasteiger partial charge in [0, 0.05) is 17.9 Å². The highest BCUT2D eigenvalue weighted by Crippen LogP contribution is 2.39. The molecule has 0 aromatic heterocycles. The Bertz CT molecular complexity index is 1380. The summed E-state index contributed by atoms with van der Waals surface area (Å²) in [6, 6.07) is 22.8. The summed E-state index contributed by atoms with van der Waals surface area (Å²) in [6.45, 7) is 0.827. The van der Waals surface area contributed by atoms with Gasteiger partial charge in [0.2, 0.25) is 15.9 Å². The van der Waals surface area contributed by atoms with Crippen molar-refractivity contribution in [3.8, 4) is 0 Å². The Morgan fingerprint density at radius 1 is 1.03 bits per heavy atom. The summed E-state index contributed by atoms with van der Waals surface area (Å²) < 4.78 is 27.6. The van der Waals surface area contributed by atoms with Crippen LogP contribution in [0.15, 0.2) is 77.8 Å². The van der Waals surface area contributed by atoms with E-state index in [1.54, 1.807) is 18.2 Å². The van der Waals surface area contributed by atoms with Crippen LogP contribution < -0.4 is 10.0 Å². The number of hydrogen-bond acceptors (Lipinski definition) is 5. The van der Waals surface area contributed by atoms with Gasteiger partial charge in [0.05, 0.1) is 16.6 Å². The first-order chi connectivity index (χ1) is 16.8. The molecule has 3 aromatic rings. The highest BCUT2D eigenvalue weighted by Gasteiger charge is 2.38. The summed E-state index contributed by atoms with van der Waals surface area (Å²) in [4.78, 5) is 20.2. The van der Waals surface area contributed by atoms with Crippen LogP contribution in [-0.4, -0.2) is 44.3 Å². The minimum atomic E-state index is -3.41. The number of benzene rings is 3. The number of anilines is 2. The average molecular weight is 489 g/mol. The van der Waals surface area contributed by atoms with Crippen molar-refractivity contribution in [1.29, 1.82) is 0 Å². The fraction of sp³-hybridized carbons (Fsp3) is 0.259. The maximum Gasteiger partial charge on any atom is 0.238 e. The van der Waals surface area contributed by atoms with Crippen molar-refractivity contribution >= 4 is 38.7 Å². The van der Waals surface area contributed by atoms with Crippen LogP contribution in [0, 0.1) is 0 Å². The molecule has 2 aliphatic rings. The Morgan fingerprint density at radius 3 is 2.40 bits per heavy atom. The zero-order chi connectivity index (χ0) is 24.6. The number of carbonyl (C=O) groups is 1. The van der Waals surface area contributed by atoms with Crippen molar-refractivity contribution < 1.29 is 13.2 Å². The third kappa shape index (κ3) is 5.13. The monoisotopic (exact) mass is 488 g/mol. The number of rotatable bonds is 8. The quantitative estimate of drug-likeness (QED) is 0.457. The molecule has 3 aromatic carbocycles. The first kappa shape index (κ1) is 23.3. The Hall–Kier alpha value is -3.49. The second-order valence-corrected chi connectivity index (χ2v) is 11.3. The number of fused-ring (bicyclic) bond motifs is 1. The Balaban J connectivity index is 1.54. The van der Waals surface area contributed by atoms with E-state index in [2.05, 4.69) is 14.9 Å². The maximum atomic E-state index is 13.2. The standard InChI is InChI=1S/C27H28N4O3S/c1-31(2)17-18-8-10-20(11-9-18)28-26(19-6-4-3-5-7-19)25-23-16-21(12-15-24(23)29-27(25)32)30-35(33,34)22-13-14-22/h3-12,15-16,22,25,30H,13-14,17H2,1-2H3,(H,29,32). The number of nitrogens with one attached hydrogen (secondary N) is 2. The summed E-state index contributed by atoms with van der Waals surface area (Å²) in [6.07, 6.45) is 1.36. The fourth-order valence-electron chi connectivity index (χ4n) is 4.31. The van der Waals surface area contributed by atoms with Crippen molar-refractivity contribution in [1.82, 2.24) is 4.90 Å². The van der Waals surface area contributed by atoms with E-state index in [1.165, 1.54) is 5.56 Å². The van der Waals surface area contributed by atoms with E-state index in [9.17, 15) is 13.2 Å². The number of hydrogen-bond donors (Lipinski definition) is 2. The first-order valence-electron chi connectivity index (χ1n) is 11.6. The molecule has 1 aliphatic heterocycles. The van der Waals surface area contributed by atoms with Crippen molar-refractivity contribution in [3.63, 3.8) is 0 Å². The second-order valence-electron chi connectivity index (χ2n) is 9.34. The van der Waals surface area contributed by atoms with Crippen LogP contribution in [0.3, 0.4) is 0 Å². The predicted octanol–water partition coefficient (Wildman–Crippen LogP) is 4.51. The lowest BCUT2D eigenvalue weighted by molar-refractivity contribution is -0.115. The minimum Gasteiger partial charge on any atom is -0.325 e. The molecule has 2 N–H and O–H groups in total. The van der Waals surface area contributed by atoms with E-state index >= 15 is 0 Å². The summed E-state index contributed by atoms with van der Waals surface area (Å²) >= 11 is 0. The normalized spacial score (nSPS) is 17.9. The molecule has 7 nitrogen and oxygen atoms in total. The molecule has 0 saturated heterocycles. The zero-order valence-corrected chi connectivity index (χ0v) is 20.5. The number of carbonyl (C=O) groups excluding carboxylic acids is 1. The van der Waals surface area contributed by atoms with Crippen LogP contribution in [0.1, 0.15) is 35.4 Å². The third-order valence-electron chi connectivity index (χ3n) is 6.13. The highest BCUT2D eigenvalue weighted by atomic mass is 32.2. The van der Waals surface area contributed by atoms with Crippen molar-refractivity contribution in [2.24, 2.45) is 4.99 Å². The van der Waals surface area contributed by atoms with E-state index in [1.807, 2.05) is 68.7 Å². The van der Waals surface area contributed by atoms with E-state index < -0.39 is 15.9 Å². The maximum absolute atomic E-state index is 13.2. The van der Waals surface area contributed by atoms with E-state index in [4.69, 9.17) is 4.99 Å². The van der Waals surface area contributed by atoms with Crippen LogP contribution in [-0.2, 0) is 21.4 Å². The topological polar surface area (TPSA) is 90.9 Å². The van der Waals surface area contributed by atoms with Crippen LogP contribution >= 0.6 is 0 Å². The summed E-state index contributed by atoms with van der Waals surface area (Å²) in [5.41, 5.74) is 5.20. The van der Waals surface area contributed by atoms with E-state index in [0.29, 0.717) is 35.5 Å². The van der Waals surface area contributed by atoms with Crippen LogP contribution in [0.25, 0.3) is 0 Å². The van der Waals surface area contributed by atoms with Gasteiger partial charge in [-0.25, -0.2) is 8.42 Å². The van der Waals surface area contributed by atoms with E-state index in [0.717, 1.165) is 17.8 Å². The van der Waals surface area contributed by atoms with Gasteiger partial charge >= 0.3 is 0 Å². The number of sulfonamides is 1. The SMILES string of the molecule is CN(C)Cc1ccc(N=C(c2ccccc2)C2C(=O)Nc3ccc(NS(=O)(=O)C4CC4)cc32)cc1. The highest BCUT2D eigenvalue weighted by molar-refractivity contribution is 7.93. The van der Waals surface area contributed by atoms with E-state index in [-0.39, 0.29) is 11.2 Å². The molecule has 1 unspecified atom stereocenters. The van der Waals surface area contributed by atoms with Crippen molar-refractivity contribution in [2.45, 2.75) is 30.6 Å². The summed E-state index contributed by atoms with van der Waals surface area (Å²) in [5, 5.41) is 2.61. The lowest BCUT2D eigenvalue weighted by Gasteiger charge is -2.15. The van der Waals surface area contributed by atoms with Gasteiger partial charge < -0.3 is 10.2 Å². The number of aliphatic imine (C=N–C) groups is 1. The van der Waals surface area contributed by atoms with Gasteiger partial charge in [-0.2, -0.15) is 0 Å². The first-order valence-corrected chi connectivity index (χ1v) is 13.2. The lowest BCUT2D eigenvalue weighted by Crippen LogP contribution is -2.22.